The van der Waals surface area contributed by atoms with Gasteiger partial charge in [0, 0.05) is 12.7 Å². The van der Waals surface area contributed by atoms with Crippen molar-refractivity contribution in [1.82, 2.24) is 0 Å². The van der Waals surface area contributed by atoms with Crippen LogP contribution in [0.3, 0.4) is 0 Å². The number of carbonyl (C=O) groups is 1. The Balaban J connectivity index is 2.70. The number of nitrogens with zero attached hydrogens (tertiary/aromatic N) is 1. The molecule has 1 aromatic rings. The van der Waals surface area contributed by atoms with E-state index in [1.807, 2.05) is 0 Å². The van der Waals surface area contributed by atoms with Crippen LogP contribution in [0.4, 0.5) is 16.2 Å². The first-order valence-electron chi connectivity index (χ1n) is 4.12. The predicted octanol–water partition coefficient (Wildman–Crippen LogP) is 1.28. The molecule has 1 unspecified atom stereocenters. The molecule has 3 N–H and O–H groups in total. The minimum Gasteiger partial charge on any atom is -0.465 e. The van der Waals surface area contributed by atoms with E-state index in [0.29, 0.717) is 11.4 Å². The first kappa shape index (κ1) is 12.4. The van der Waals surface area contributed by atoms with Crippen molar-refractivity contribution in [3.63, 3.8) is 0 Å². The third-order valence-corrected chi connectivity index (χ3v) is 2.01. The number of carboxylic acid groups (broad SMARTS) is 1. The maximum atomic E-state index is 10.4. The van der Waals surface area contributed by atoms with Crippen LogP contribution in [0.15, 0.2) is 24.3 Å². The van der Waals surface area contributed by atoms with Gasteiger partial charge in [-0.1, -0.05) is 0 Å². The molecule has 8 heteroatoms. The Morgan fingerprint density at radius 1 is 1.44 bits per heavy atom. The van der Waals surface area contributed by atoms with Gasteiger partial charge in [-0.3, -0.25) is 9.87 Å². The molecule has 0 aliphatic heterocycles. The van der Waals surface area contributed by atoms with Crippen LogP contribution in [0.5, 0.6) is 0 Å². The minimum atomic E-state index is -2.39. The molecular formula is C8H10N2O5S. The fraction of sp³-hybridized carbons (Fsp3) is 0.125. The average Bonchev–Trinajstić information content (AvgIpc) is 2.16. The zero-order valence-electron chi connectivity index (χ0n) is 8.28. The Morgan fingerprint density at radius 2 is 2.00 bits per heavy atom. The molecule has 0 radical (unpaired) electrons. The lowest BCUT2D eigenvalue weighted by molar-refractivity contribution is 0.209. The highest BCUT2D eigenvalue weighted by Crippen LogP contribution is 2.17. The summed E-state index contributed by atoms with van der Waals surface area (Å²) >= 11 is -2.39. The van der Waals surface area contributed by atoms with E-state index in [9.17, 15) is 9.00 Å². The molecule has 0 heterocycles. The highest BCUT2D eigenvalue weighted by Gasteiger charge is 2.05. The van der Waals surface area contributed by atoms with Gasteiger partial charge in [-0.15, -0.1) is 4.28 Å². The summed E-state index contributed by atoms with van der Waals surface area (Å²) in [5.74, 6) is 0. The monoisotopic (exact) mass is 246 g/mol. The summed E-state index contributed by atoms with van der Waals surface area (Å²) in [6, 6.07) is 6.09. The van der Waals surface area contributed by atoms with Crippen molar-refractivity contribution in [3.8, 4) is 0 Å². The van der Waals surface area contributed by atoms with Crippen LogP contribution in [-0.2, 0) is 15.6 Å². The summed E-state index contributed by atoms with van der Waals surface area (Å²) in [6.07, 6.45) is -1.16. The Bertz CT molecular complexity index is 394. The topological polar surface area (TPSA) is 99.1 Å². The van der Waals surface area contributed by atoms with Gasteiger partial charge in [0.1, 0.15) is 0 Å². The smallest absolute Gasteiger partial charge is 0.409 e. The Labute approximate surface area is 94.1 Å². The van der Waals surface area contributed by atoms with Gasteiger partial charge in [0.2, 0.25) is 0 Å². The van der Waals surface area contributed by atoms with Crippen LogP contribution in [0.2, 0.25) is 0 Å². The molecule has 7 nitrogen and oxygen atoms in total. The molecule has 0 spiro atoms. The van der Waals surface area contributed by atoms with Crippen LogP contribution in [0.1, 0.15) is 0 Å². The van der Waals surface area contributed by atoms with E-state index >= 15 is 0 Å². The van der Waals surface area contributed by atoms with Crippen LogP contribution in [0.25, 0.3) is 0 Å². The van der Waals surface area contributed by atoms with Crippen molar-refractivity contribution in [2.75, 3.05) is 17.4 Å². The normalized spacial score (nSPS) is 11.9. The second kappa shape index (κ2) is 5.45. The molecule has 88 valence electrons. The van der Waals surface area contributed by atoms with Crippen LogP contribution >= 0.6 is 0 Å². The Morgan fingerprint density at radius 3 is 2.44 bits per heavy atom. The molecule has 0 saturated carbocycles. The first-order chi connectivity index (χ1) is 7.49. The quantitative estimate of drug-likeness (QED) is 0.546. The molecular weight excluding hydrogens is 236 g/mol. The summed E-state index contributed by atoms with van der Waals surface area (Å²) in [4.78, 5) is 10.3. The van der Waals surface area contributed by atoms with Crippen LogP contribution in [0, 0.1) is 0 Å². The van der Waals surface area contributed by atoms with Gasteiger partial charge in [-0.2, -0.15) is 4.21 Å². The number of amides is 1. The van der Waals surface area contributed by atoms with Crippen molar-refractivity contribution >= 4 is 28.8 Å². The summed E-state index contributed by atoms with van der Waals surface area (Å²) in [6.45, 7) is 0. The molecule has 0 bridgehead atoms. The first-order valence-corrected chi connectivity index (χ1v) is 5.15. The summed E-state index contributed by atoms with van der Waals surface area (Å²) in [5, 5.41) is 11.7. The van der Waals surface area contributed by atoms with E-state index in [4.69, 9.17) is 9.66 Å². The highest BCUT2D eigenvalue weighted by atomic mass is 32.2. The third-order valence-electron chi connectivity index (χ3n) is 1.66. The minimum absolute atomic E-state index is 0.398. The van der Waals surface area contributed by atoms with E-state index < -0.39 is 17.5 Å². The van der Waals surface area contributed by atoms with Crippen molar-refractivity contribution < 1.29 is 22.9 Å². The summed E-state index contributed by atoms with van der Waals surface area (Å²) < 4.78 is 23.3. The van der Waals surface area contributed by atoms with E-state index in [2.05, 4.69) is 9.60 Å². The van der Waals surface area contributed by atoms with E-state index in [-0.39, 0.29) is 0 Å². The van der Waals surface area contributed by atoms with Gasteiger partial charge in [0.25, 0.3) is 0 Å². The van der Waals surface area contributed by atoms with Gasteiger partial charge in [-0.05, 0) is 24.3 Å². The molecule has 1 amide bonds. The number of hydrogen-bond acceptors (Lipinski definition) is 4. The maximum absolute atomic E-state index is 10.4. The lowest BCUT2D eigenvalue weighted by Gasteiger charge is -2.15. The van der Waals surface area contributed by atoms with Crippen molar-refractivity contribution in [1.29, 1.82) is 0 Å². The van der Waals surface area contributed by atoms with Gasteiger partial charge in [0.15, 0.2) is 0 Å². The number of hydroxylamine groups is 1. The van der Waals surface area contributed by atoms with Gasteiger partial charge >= 0.3 is 17.5 Å². The molecule has 16 heavy (non-hydrogen) atoms. The maximum Gasteiger partial charge on any atom is 0.409 e. The standard InChI is InChI=1S/C8H10N2O5S/c1-10(15-16(13)14)7-4-2-6(3-5-7)9-8(11)12/h2-5,9H,1H3,(H,11,12)(H,13,14). The number of rotatable bonds is 4. The van der Waals surface area contributed by atoms with E-state index in [0.717, 1.165) is 5.06 Å². The molecule has 0 fully saturated rings. The van der Waals surface area contributed by atoms with Crippen molar-refractivity contribution in [2.24, 2.45) is 0 Å². The lowest BCUT2D eigenvalue weighted by Crippen LogP contribution is -2.18. The summed E-state index contributed by atoms with van der Waals surface area (Å²) in [7, 11) is 1.45. The Kier molecular flexibility index (Phi) is 4.23. The summed E-state index contributed by atoms with van der Waals surface area (Å²) in [5.41, 5.74) is 0.910. The molecule has 0 aromatic heterocycles. The SMILES string of the molecule is CN(OS(=O)O)c1ccc(NC(=O)O)cc1. The number of anilines is 2. The fourth-order valence-electron chi connectivity index (χ4n) is 1.02. The second-order valence-electron chi connectivity index (χ2n) is 2.77. The number of nitrogens with one attached hydrogen (secondary N) is 1. The largest absolute Gasteiger partial charge is 0.465 e. The van der Waals surface area contributed by atoms with Gasteiger partial charge in [0.05, 0.1) is 5.69 Å². The molecule has 1 atom stereocenters. The van der Waals surface area contributed by atoms with Crippen LogP contribution in [-0.4, -0.2) is 27.0 Å². The average molecular weight is 246 g/mol. The fourth-order valence-corrected chi connectivity index (χ4v) is 1.29. The van der Waals surface area contributed by atoms with E-state index in [1.165, 1.54) is 31.3 Å². The van der Waals surface area contributed by atoms with Crippen molar-refractivity contribution in [2.45, 2.75) is 0 Å². The third kappa shape index (κ3) is 3.85. The number of hydrogen-bond donors (Lipinski definition) is 3. The zero-order valence-corrected chi connectivity index (χ0v) is 9.10. The molecule has 1 aromatic carbocycles. The lowest BCUT2D eigenvalue weighted by atomic mass is 10.3. The highest BCUT2D eigenvalue weighted by molar-refractivity contribution is 7.74. The number of benzene rings is 1. The Hall–Kier alpha value is -1.64. The molecule has 1 rings (SSSR count). The van der Waals surface area contributed by atoms with Crippen LogP contribution < -0.4 is 10.4 Å². The van der Waals surface area contributed by atoms with Gasteiger partial charge in [-0.25, -0.2) is 9.86 Å². The predicted molar refractivity (Wildman–Crippen MR) is 58.3 cm³/mol. The molecule has 0 saturated heterocycles. The van der Waals surface area contributed by atoms with Crippen molar-refractivity contribution in [3.05, 3.63) is 24.3 Å². The second-order valence-corrected chi connectivity index (χ2v) is 3.35. The van der Waals surface area contributed by atoms with Gasteiger partial charge < -0.3 is 5.11 Å². The molecule has 0 aliphatic carbocycles. The van der Waals surface area contributed by atoms with E-state index in [1.54, 1.807) is 0 Å². The zero-order chi connectivity index (χ0) is 12.1. The molecule has 0 aliphatic rings.